The summed E-state index contributed by atoms with van der Waals surface area (Å²) in [7, 11) is 0. The molecule has 2 aromatic carbocycles. The highest BCUT2D eigenvalue weighted by Gasteiger charge is 2.60. The third-order valence-corrected chi connectivity index (χ3v) is 8.41. The Morgan fingerprint density at radius 1 is 1.25 bits per heavy atom. The van der Waals surface area contributed by atoms with Crippen molar-refractivity contribution in [3.63, 3.8) is 0 Å². The molecule has 0 radical (unpaired) electrons. The summed E-state index contributed by atoms with van der Waals surface area (Å²) in [5.41, 5.74) is 1.90. The molecule has 2 heterocycles. The highest BCUT2D eigenvalue weighted by Crippen LogP contribution is 2.54. The number of allylic oxidation sites excluding steroid dienone is 2. The monoisotopic (exact) mass is 603 g/mol. The molecule has 0 saturated heterocycles. The number of aromatic nitrogens is 2. The SMILES string of the molecule is C=C(N=C/C=C\C)c1cn(CC(=O)N(c2cccc(F)c2)C23CCc4cccc(c42)N(CCCC(F)(F)CC)C3=O)c(C)n1. The van der Waals surface area contributed by atoms with Gasteiger partial charge in [0.25, 0.3) is 5.91 Å². The number of hydrogen-bond donors (Lipinski definition) is 0. The van der Waals surface area contributed by atoms with Gasteiger partial charge in [0.1, 0.15) is 23.9 Å². The molecule has 1 aliphatic heterocycles. The summed E-state index contributed by atoms with van der Waals surface area (Å²) in [6.45, 7) is 8.92. The zero-order valence-electron chi connectivity index (χ0n) is 25.2. The minimum atomic E-state index is -2.82. The Morgan fingerprint density at radius 2 is 2.02 bits per heavy atom. The summed E-state index contributed by atoms with van der Waals surface area (Å²) >= 11 is 0. The molecule has 0 saturated carbocycles. The van der Waals surface area contributed by atoms with E-state index in [0.717, 1.165) is 5.56 Å². The number of aliphatic imine (C=N–C) groups is 1. The van der Waals surface area contributed by atoms with Crippen LogP contribution in [0, 0.1) is 12.7 Å². The van der Waals surface area contributed by atoms with Gasteiger partial charge in [-0.3, -0.25) is 19.5 Å². The molecule has 1 unspecified atom stereocenters. The van der Waals surface area contributed by atoms with Crippen LogP contribution in [0.5, 0.6) is 0 Å². The van der Waals surface area contributed by atoms with Crippen molar-refractivity contribution in [1.82, 2.24) is 9.55 Å². The van der Waals surface area contributed by atoms with Gasteiger partial charge in [-0.05, 0) is 69.0 Å². The fraction of sp³-hybridized carbons (Fsp3) is 0.353. The van der Waals surface area contributed by atoms with E-state index in [0.29, 0.717) is 34.9 Å². The number of alkyl halides is 2. The maximum Gasteiger partial charge on any atom is 0.258 e. The summed E-state index contributed by atoms with van der Waals surface area (Å²) in [5, 5.41) is 0. The Kier molecular flexibility index (Phi) is 8.63. The smallest absolute Gasteiger partial charge is 0.258 e. The number of imidazole rings is 1. The average molecular weight is 604 g/mol. The molecule has 44 heavy (non-hydrogen) atoms. The summed E-state index contributed by atoms with van der Waals surface area (Å²) in [6, 6.07) is 11.2. The van der Waals surface area contributed by atoms with Gasteiger partial charge < -0.3 is 9.47 Å². The quantitative estimate of drug-likeness (QED) is 0.210. The predicted molar refractivity (Wildman–Crippen MR) is 166 cm³/mol. The first-order chi connectivity index (χ1) is 21.0. The minimum Gasteiger partial charge on any atom is -0.325 e. The summed E-state index contributed by atoms with van der Waals surface area (Å²) in [6.07, 6.45) is 7.15. The third-order valence-electron chi connectivity index (χ3n) is 8.41. The van der Waals surface area contributed by atoms with E-state index in [9.17, 15) is 22.8 Å². The van der Waals surface area contributed by atoms with Crippen LogP contribution in [0.25, 0.3) is 5.70 Å². The molecule has 0 bridgehead atoms. The van der Waals surface area contributed by atoms with E-state index < -0.39 is 23.2 Å². The Bertz CT molecular complexity index is 1660. The third kappa shape index (κ3) is 5.60. The van der Waals surface area contributed by atoms with Crippen LogP contribution in [-0.2, 0) is 28.1 Å². The summed E-state index contributed by atoms with van der Waals surface area (Å²) < 4.78 is 44.5. The van der Waals surface area contributed by atoms with Gasteiger partial charge in [0.15, 0.2) is 5.54 Å². The molecule has 10 heteroatoms. The van der Waals surface area contributed by atoms with Crippen LogP contribution in [0.15, 0.2) is 72.4 Å². The number of rotatable bonds is 12. The van der Waals surface area contributed by atoms with Gasteiger partial charge in [0, 0.05) is 43.0 Å². The zero-order valence-corrected chi connectivity index (χ0v) is 25.2. The Balaban J connectivity index is 1.54. The van der Waals surface area contributed by atoms with Gasteiger partial charge in [-0.2, -0.15) is 0 Å². The molecular formula is C34H36F3N5O2. The maximum absolute atomic E-state index is 14.7. The van der Waals surface area contributed by atoms with Crippen LogP contribution >= 0.6 is 0 Å². The fourth-order valence-electron chi connectivity index (χ4n) is 6.20. The molecule has 0 N–H and O–H groups in total. The second-order valence-corrected chi connectivity index (χ2v) is 11.2. The van der Waals surface area contributed by atoms with Gasteiger partial charge in [0.05, 0.1) is 11.4 Å². The van der Waals surface area contributed by atoms with Gasteiger partial charge in [0.2, 0.25) is 11.8 Å². The maximum atomic E-state index is 14.7. The second-order valence-electron chi connectivity index (χ2n) is 11.2. The topological polar surface area (TPSA) is 70.8 Å². The molecule has 5 rings (SSSR count). The number of amides is 2. The van der Waals surface area contributed by atoms with Crippen LogP contribution in [0.4, 0.5) is 24.5 Å². The Hall–Kier alpha value is -4.47. The molecule has 0 spiro atoms. The molecular weight excluding hydrogens is 567 g/mol. The number of hydrogen-bond acceptors (Lipinski definition) is 4. The van der Waals surface area contributed by atoms with Crippen molar-refractivity contribution >= 4 is 35.1 Å². The van der Waals surface area contributed by atoms with Crippen molar-refractivity contribution in [2.45, 2.75) is 70.9 Å². The molecule has 0 fully saturated rings. The van der Waals surface area contributed by atoms with Crippen molar-refractivity contribution in [2.75, 3.05) is 16.3 Å². The molecule has 1 atom stereocenters. The van der Waals surface area contributed by atoms with Crippen molar-refractivity contribution in [2.24, 2.45) is 4.99 Å². The van der Waals surface area contributed by atoms with E-state index in [1.807, 2.05) is 25.1 Å². The average Bonchev–Trinajstić information content (AvgIpc) is 3.63. The van der Waals surface area contributed by atoms with Crippen LogP contribution in [0.3, 0.4) is 0 Å². The lowest BCUT2D eigenvalue weighted by Crippen LogP contribution is -2.56. The van der Waals surface area contributed by atoms with Crippen molar-refractivity contribution in [3.8, 4) is 0 Å². The van der Waals surface area contributed by atoms with Crippen molar-refractivity contribution in [1.29, 1.82) is 0 Å². The van der Waals surface area contributed by atoms with E-state index in [-0.39, 0.29) is 50.4 Å². The molecule has 2 aliphatic rings. The largest absolute Gasteiger partial charge is 0.325 e. The van der Waals surface area contributed by atoms with Gasteiger partial charge in [-0.25, -0.2) is 18.2 Å². The van der Waals surface area contributed by atoms with Gasteiger partial charge in [-0.15, -0.1) is 0 Å². The molecule has 2 amide bonds. The number of anilines is 2. The van der Waals surface area contributed by atoms with Crippen molar-refractivity contribution in [3.05, 3.63) is 95.9 Å². The lowest BCUT2D eigenvalue weighted by molar-refractivity contribution is -0.128. The zero-order chi connectivity index (χ0) is 31.6. The first-order valence-electron chi connectivity index (χ1n) is 14.8. The van der Waals surface area contributed by atoms with Crippen molar-refractivity contribution < 1.29 is 22.8 Å². The number of aryl methyl sites for hydroxylation is 2. The highest BCUT2D eigenvalue weighted by molar-refractivity contribution is 6.15. The van der Waals surface area contributed by atoms with E-state index in [1.165, 1.54) is 34.9 Å². The molecule has 1 aromatic heterocycles. The summed E-state index contributed by atoms with van der Waals surface area (Å²) in [4.78, 5) is 40.7. The molecule has 3 aromatic rings. The molecule has 1 aliphatic carbocycles. The molecule has 230 valence electrons. The van der Waals surface area contributed by atoms with Gasteiger partial charge >= 0.3 is 0 Å². The van der Waals surface area contributed by atoms with Crippen LogP contribution < -0.4 is 9.80 Å². The first kappa shape index (κ1) is 31.0. The van der Waals surface area contributed by atoms with E-state index in [2.05, 4.69) is 16.6 Å². The van der Waals surface area contributed by atoms with Gasteiger partial charge in [-0.1, -0.05) is 37.8 Å². The lowest BCUT2D eigenvalue weighted by Gasteiger charge is -2.38. The van der Waals surface area contributed by atoms with Crippen LogP contribution in [0.2, 0.25) is 0 Å². The standard InChI is InChI=1S/C34H36F3N5O2/c1-5-7-18-38-23(3)28-21-40(24(4)39-28)22-30(43)42(27-13-9-12-26(35)20-27)34-17-15-25-11-8-14-29(31(25)34)41(32(34)44)19-10-16-33(36,37)6-2/h5,7-9,11-14,18,20-21H,3,6,10,15-17,19,22H2,1-2,4H3/b7-5-,38-18?. The van der Waals surface area contributed by atoms with E-state index in [1.54, 1.807) is 42.1 Å². The number of carbonyl (C=O) groups excluding carboxylic acids is 2. The Morgan fingerprint density at radius 3 is 2.75 bits per heavy atom. The van der Waals surface area contributed by atoms with E-state index >= 15 is 0 Å². The van der Waals surface area contributed by atoms with Crippen LogP contribution in [-0.4, -0.2) is 40.0 Å². The first-order valence-corrected chi connectivity index (χ1v) is 14.8. The summed E-state index contributed by atoms with van der Waals surface area (Å²) in [5.74, 6) is -3.65. The predicted octanol–water partition coefficient (Wildman–Crippen LogP) is 7.00. The number of carbonyl (C=O) groups is 2. The normalized spacial score (nSPS) is 17.7. The second kappa shape index (κ2) is 12.3. The highest BCUT2D eigenvalue weighted by atomic mass is 19.3. The fourth-order valence-corrected chi connectivity index (χ4v) is 6.20. The van der Waals surface area contributed by atoms with Crippen LogP contribution in [0.1, 0.15) is 62.2 Å². The number of halogens is 3. The molecule has 7 nitrogen and oxygen atoms in total. The number of benzene rings is 2. The number of nitrogens with zero attached hydrogens (tertiary/aromatic N) is 5. The Labute approximate surface area is 255 Å². The minimum absolute atomic E-state index is 0.0810. The lowest BCUT2D eigenvalue weighted by atomic mass is 9.90. The van der Waals surface area contributed by atoms with E-state index in [4.69, 9.17) is 0 Å².